The Morgan fingerprint density at radius 1 is 1.50 bits per heavy atom. The lowest BCUT2D eigenvalue weighted by molar-refractivity contribution is -0.121. The minimum atomic E-state index is -3.46. The van der Waals surface area contributed by atoms with Crippen molar-refractivity contribution in [2.24, 2.45) is 5.14 Å². The van der Waals surface area contributed by atoms with Gasteiger partial charge in [-0.15, -0.1) is 0 Å². The number of carbonyl (C=O) groups excluding carboxylic acids is 1. The Hall–Kier alpha value is -0.880. The van der Waals surface area contributed by atoms with Crippen LogP contribution in [0.2, 0.25) is 0 Å². The zero-order valence-corrected chi connectivity index (χ0v) is 11.6. The molecular weight excluding hydrogens is 252 g/mol. The Balaban J connectivity index is 2.29. The van der Waals surface area contributed by atoms with Crippen LogP contribution in [0.3, 0.4) is 0 Å². The van der Waals surface area contributed by atoms with Crippen LogP contribution < -0.4 is 10.5 Å². The molecular formula is C12H22N2O3S. The van der Waals surface area contributed by atoms with E-state index >= 15 is 0 Å². The molecule has 1 aliphatic rings. The van der Waals surface area contributed by atoms with Gasteiger partial charge >= 0.3 is 0 Å². The number of sulfonamides is 1. The van der Waals surface area contributed by atoms with Gasteiger partial charge in [0.05, 0.1) is 5.75 Å². The minimum absolute atomic E-state index is 0.0484. The molecule has 0 aromatic heterocycles. The van der Waals surface area contributed by atoms with Crippen molar-refractivity contribution in [2.75, 3.05) is 5.75 Å². The first kappa shape index (κ1) is 15.2. The van der Waals surface area contributed by atoms with E-state index in [1.165, 1.54) is 18.4 Å². The van der Waals surface area contributed by atoms with Crippen LogP contribution >= 0.6 is 0 Å². The standard InChI is InChI=1S/C12H22N2O3S/c1-10(11-6-3-2-4-7-11)14-12(15)8-5-9-18(13,16)17/h6,10H,2-5,7-9H2,1H3,(H,14,15)(H2,13,16,17)/t10-/m0/s1. The maximum Gasteiger partial charge on any atom is 0.220 e. The highest BCUT2D eigenvalue weighted by Crippen LogP contribution is 2.20. The van der Waals surface area contributed by atoms with E-state index in [2.05, 4.69) is 11.4 Å². The average molecular weight is 274 g/mol. The van der Waals surface area contributed by atoms with Gasteiger partial charge in [0.25, 0.3) is 0 Å². The van der Waals surface area contributed by atoms with E-state index < -0.39 is 10.0 Å². The number of amides is 1. The fourth-order valence-electron chi connectivity index (χ4n) is 2.10. The van der Waals surface area contributed by atoms with E-state index in [0.717, 1.165) is 12.8 Å². The summed E-state index contributed by atoms with van der Waals surface area (Å²) in [4.78, 5) is 11.6. The normalized spacial score (nSPS) is 18.0. The molecule has 1 atom stereocenters. The highest BCUT2D eigenvalue weighted by molar-refractivity contribution is 7.89. The number of hydrogen-bond donors (Lipinski definition) is 2. The molecule has 0 aromatic rings. The van der Waals surface area contributed by atoms with Crippen molar-refractivity contribution >= 4 is 15.9 Å². The molecule has 5 nitrogen and oxygen atoms in total. The quantitative estimate of drug-likeness (QED) is 0.710. The molecule has 0 unspecified atom stereocenters. The number of hydrogen-bond acceptors (Lipinski definition) is 3. The highest BCUT2D eigenvalue weighted by atomic mass is 32.2. The van der Waals surface area contributed by atoms with Gasteiger partial charge < -0.3 is 5.32 Å². The van der Waals surface area contributed by atoms with Gasteiger partial charge in [-0.3, -0.25) is 4.79 Å². The van der Waals surface area contributed by atoms with Gasteiger partial charge in [0.1, 0.15) is 0 Å². The predicted octanol–water partition coefficient (Wildman–Crippen LogP) is 1.06. The summed E-state index contributed by atoms with van der Waals surface area (Å²) in [5, 5.41) is 7.76. The molecule has 0 spiro atoms. The van der Waals surface area contributed by atoms with E-state index in [9.17, 15) is 13.2 Å². The third-order valence-electron chi connectivity index (χ3n) is 3.09. The summed E-state index contributed by atoms with van der Waals surface area (Å²) in [5.41, 5.74) is 1.28. The van der Waals surface area contributed by atoms with Crippen LogP contribution in [0, 0.1) is 0 Å². The predicted molar refractivity (Wildman–Crippen MR) is 71.4 cm³/mol. The smallest absolute Gasteiger partial charge is 0.220 e. The van der Waals surface area contributed by atoms with Crippen molar-refractivity contribution in [2.45, 2.75) is 51.5 Å². The van der Waals surface area contributed by atoms with Crippen molar-refractivity contribution in [3.8, 4) is 0 Å². The van der Waals surface area contributed by atoms with Crippen molar-refractivity contribution in [3.05, 3.63) is 11.6 Å². The number of allylic oxidation sites excluding steroid dienone is 1. The van der Waals surface area contributed by atoms with E-state index in [1.54, 1.807) is 0 Å². The van der Waals surface area contributed by atoms with E-state index in [1.807, 2.05) is 6.92 Å². The Labute approximate surface area is 109 Å². The van der Waals surface area contributed by atoms with Gasteiger partial charge in [-0.05, 0) is 39.0 Å². The first-order valence-corrected chi connectivity index (χ1v) is 8.09. The second kappa shape index (κ2) is 6.89. The van der Waals surface area contributed by atoms with Gasteiger partial charge in [0, 0.05) is 12.5 Å². The maximum atomic E-state index is 11.6. The molecule has 1 amide bonds. The highest BCUT2D eigenvalue weighted by Gasteiger charge is 2.14. The average Bonchev–Trinajstić information content (AvgIpc) is 2.28. The first-order valence-electron chi connectivity index (χ1n) is 6.37. The molecule has 1 rings (SSSR count). The zero-order chi connectivity index (χ0) is 13.6. The van der Waals surface area contributed by atoms with Crippen molar-refractivity contribution in [3.63, 3.8) is 0 Å². The molecule has 0 fully saturated rings. The molecule has 0 radical (unpaired) electrons. The van der Waals surface area contributed by atoms with Crippen molar-refractivity contribution in [1.29, 1.82) is 0 Å². The van der Waals surface area contributed by atoms with Crippen LogP contribution in [0.15, 0.2) is 11.6 Å². The number of carbonyl (C=O) groups is 1. The summed E-state index contributed by atoms with van der Waals surface area (Å²) in [6, 6.07) is 0.0484. The number of nitrogens with one attached hydrogen (secondary N) is 1. The third kappa shape index (κ3) is 6.16. The lowest BCUT2D eigenvalue weighted by Gasteiger charge is -2.20. The SMILES string of the molecule is C[C@H](NC(=O)CCCS(N)(=O)=O)C1=CCCCC1. The summed E-state index contributed by atoms with van der Waals surface area (Å²) in [5.74, 6) is -0.255. The Morgan fingerprint density at radius 2 is 2.22 bits per heavy atom. The second-order valence-corrected chi connectivity index (χ2v) is 6.52. The van der Waals surface area contributed by atoms with Gasteiger partial charge in [0.15, 0.2) is 0 Å². The van der Waals surface area contributed by atoms with Crippen LogP contribution in [0.5, 0.6) is 0 Å². The lowest BCUT2D eigenvalue weighted by atomic mass is 9.94. The summed E-state index contributed by atoms with van der Waals surface area (Å²) in [6.45, 7) is 1.97. The molecule has 0 saturated heterocycles. The zero-order valence-electron chi connectivity index (χ0n) is 10.8. The molecule has 6 heteroatoms. The Morgan fingerprint density at radius 3 is 2.78 bits per heavy atom. The lowest BCUT2D eigenvalue weighted by Crippen LogP contribution is -2.34. The van der Waals surface area contributed by atoms with Gasteiger partial charge in [-0.25, -0.2) is 13.6 Å². The van der Waals surface area contributed by atoms with Gasteiger partial charge in [0.2, 0.25) is 15.9 Å². The van der Waals surface area contributed by atoms with Crippen LogP contribution in [0.25, 0.3) is 0 Å². The van der Waals surface area contributed by atoms with E-state index in [0.29, 0.717) is 0 Å². The van der Waals surface area contributed by atoms with Gasteiger partial charge in [-0.2, -0.15) is 0 Å². The number of nitrogens with two attached hydrogens (primary N) is 1. The second-order valence-electron chi connectivity index (χ2n) is 4.78. The summed E-state index contributed by atoms with van der Waals surface area (Å²) in [7, 11) is -3.46. The van der Waals surface area contributed by atoms with Crippen LogP contribution in [0.4, 0.5) is 0 Å². The summed E-state index contributed by atoms with van der Waals surface area (Å²) < 4.78 is 21.4. The molecule has 3 N–H and O–H groups in total. The Kier molecular flexibility index (Phi) is 5.81. The molecule has 0 saturated carbocycles. The van der Waals surface area contributed by atoms with Crippen molar-refractivity contribution in [1.82, 2.24) is 5.32 Å². The topological polar surface area (TPSA) is 89.3 Å². The third-order valence-corrected chi connectivity index (χ3v) is 3.95. The molecule has 18 heavy (non-hydrogen) atoms. The minimum Gasteiger partial charge on any atom is -0.350 e. The number of rotatable bonds is 6. The van der Waals surface area contributed by atoms with E-state index in [4.69, 9.17) is 5.14 Å². The molecule has 0 aliphatic heterocycles. The molecule has 0 aromatic carbocycles. The fourth-order valence-corrected chi connectivity index (χ4v) is 2.64. The fraction of sp³-hybridized carbons (Fsp3) is 0.750. The largest absolute Gasteiger partial charge is 0.350 e. The molecule has 0 heterocycles. The summed E-state index contributed by atoms with van der Waals surface area (Å²) in [6.07, 6.45) is 7.19. The molecule has 104 valence electrons. The molecule has 1 aliphatic carbocycles. The van der Waals surface area contributed by atoms with E-state index in [-0.39, 0.29) is 30.5 Å². The molecule has 0 bridgehead atoms. The van der Waals surface area contributed by atoms with Crippen LogP contribution in [-0.4, -0.2) is 26.1 Å². The van der Waals surface area contributed by atoms with Crippen LogP contribution in [-0.2, 0) is 14.8 Å². The van der Waals surface area contributed by atoms with Crippen molar-refractivity contribution < 1.29 is 13.2 Å². The monoisotopic (exact) mass is 274 g/mol. The number of primary sulfonamides is 1. The van der Waals surface area contributed by atoms with Crippen LogP contribution in [0.1, 0.15) is 45.4 Å². The Bertz CT molecular complexity index is 415. The maximum absolute atomic E-state index is 11.6. The van der Waals surface area contributed by atoms with Gasteiger partial charge in [-0.1, -0.05) is 11.6 Å². The first-order chi connectivity index (χ1) is 8.38. The summed E-state index contributed by atoms with van der Waals surface area (Å²) >= 11 is 0.